The highest BCUT2D eigenvalue weighted by Crippen LogP contribution is 2.32. The van der Waals surface area contributed by atoms with Crippen molar-refractivity contribution in [2.24, 2.45) is 0 Å². The van der Waals surface area contributed by atoms with Crippen LogP contribution in [0, 0.1) is 5.82 Å². The maximum atomic E-state index is 13.1. The molecular weight excluding hydrogens is 405 g/mol. The third-order valence-electron chi connectivity index (χ3n) is 3.83. The highest BCUT2D eigenvalue weighted by molar-refractivity contribution is 9.10. The molecule has 0 radical (unpaired) electrons. The Labute approximate surface area is 158 Å². The zero-order valence-corrected chi connectivity index (χ0v) is 15.7. The van der Waals surface area contributed by atoms with Crippen molar-refractivity contribution >= 4 is 44.9 Å². The van der Waals surface area contributed by atoms with E-state index in [-0.39, 0.29) is 11.7 Å². The first kappa shape index (κ1) is 17.6. The fourth-order valence-electron chi connectivity index (χ4n) is 2.67. The molecule has 4 nitrogen and oxygen atoms in total. The van der Waals surface area contributed by atoms with Crippen molar-refractivity contribution in [3.05, 3.63) is 75.7 Å². The van der Waals surface area contributed by atoms with E-state index in [1.54, 1.807) is 6.92 Å². The Morgan fingerprint density at radius 1 is 1.20 bits per heavy atom. The lowest BCUT2D eigenvalue weighted by molar-refractivity contribution is -0.113. The molecule has 0 aromatic heterocycles. The van der Waals surface area contributed by atoms with Gasteiger partial charge in [-0.25, -0.2) is 4.39 Å². The summed E-state index contributed by atoms with van der Waals surface area (Å²) in [6, 6.07) is 12.9. The molecular formula is C18H15BrFN3OS. The van der Waals surface area contributed by atoms with Gasteiger partial charge in [-0.2, -0.15) is 0 Å². The monoisotopic (exact) mass is 419 g/mol. The molecule has 0 bridgehead atoms. The predicted octanol–water partition coefficient (Wildman–Crippen LogP) is 4.02. The zero-order valence-electron chi connectivity index (χ0n) is 13.3. The molecule has 1 heterocycles. The van der Waals surface area contributed by atoms with E-state index in [2.05, 4.69) is 31.9 Å². The number of hydrogen-bond donors (Lipinski definition) is 3. The van der Waals surface area contributed by atoms with E-state index in [9.17, 15) is 9.18 Å². The summed E-state index contributed by atoms with van der Waals surface area (Å²) in [5.41, 5.74) is 2.61. The normalized spacial score (nSPS) is 16.9. The third-order valence-corrected chi connectivity index (χ3v) is 4.77. The SMILES string of the molecule is CC1=C(C(=O)Nc2ccc(F)cc2)C(c2ccccc2Br)NC(=S)N1. The molecule has 0 spiro atoms. The largest absolute Gasteiger partial charge is 0.351 e. The van der Waals surface area contributed by atoms with E-state index in [0.717, 1.165) is 10.0 Å². The minimum atomic E-state index is -0.398. The summed E-state index contributed by atoms with van der Waals surface area (Å²) in [5, 5.41) is 9.39. The molecule has 2 aromatic carbocycles. The standard InChI is InChI=1S/C18H15BrFN3OS/c1-10-15(17(24)22-12-8-6-11(20)7-9-12)16(23-18(25)21-10)13-4-2-3-5-14(13)19/h2-9,16H,1H3,(H,22,24)(H2,21,23,25). The molecule has 1 aliphatic rings. The number of thiocarbonyl (C=S) groups is 1. The van der Waals surface area contributed by atoms with Gasteiger partial charge in [-0.05, 0) is 55.0 Å². The van der Waals surface area contributed by atoms with Gasteiger partial charge in [0, 0.05) is 15.9 Å². The lowest BCUT2D eigenvalue weighted by Crippen LogP contribution is -2.45. The quantitative estimate of drug-likeness (QED) is 0.657. The van der Waals surface area contributed by atoms with Gasteiger partial charge >= 0.3 is 0 Å². The second-order valence-corrected chi connectivity index (χ2v) is 6.82. The molecule has 2 aromatic rings. The Morgan fingerprint density at radius 2 is 1.88 bits per heavy atom. The van der Waals surface area contributed by atoms with Crippen LogP contribution in [0.1, 0.15) is 18.5 Å². The molecule has 1 atom stereocenters. The van der Waals surface area contributed by atoms with Crippen LogP contribution in [0.15, 0.2) is 64.3 Å². The van der Waals surface area contributed by atoms with Crippen molar-refractivity contribution in [2.45, 2.75) is 13.0 Å². The van der Waals surface area contributed by atoms with Crippen LogP contribution in [0.5, 0.6) is 0 Å². The van der Waals surface area contributed by atoms with Crippen molar-refractivity contribution in [2.75, 3.05) is 5.32 Å². The minimum Gasteiger partial charge on any atom is -0.351 e. The van der Waals surface area contributed by atoms with Crippen LogP contribution >= 0.6 is 28.1 Å². The van der Waals surface area contributed by atoms with Crippen molar-refractivity contribution < 1.29 is 9.18 Å². The van der Waals surface area contributed by atoms with Crippen molar-refractivity contribution in [1.29, 1.82) is 0 Å². The maximum Gasteiger partial charge on any atom is 0.255 e. The zero-order chi connectivity index (χ0) is 18.0. The van der Waals surface area contributed by atoms with Crippen LogP contribution in [-0.4, -0.2) is 11.0 Å². The summed E-state index contributed by atoms with van der Waals surface area (Å²) < 4.78 is 13.9. The van der Waals surface area contributed by atoms with Gasteiger partial charge in [0.05, 0.1) is 11.6 Å². The lowest BCUT2D eigenvalue weighted by atomic mass is 9.95. The molecule has 1 amide bonds. The molecule has 0 aliphatic carbocycles. The van der Waals surface area contributed by atoms with Gasteiger partial charge in [0.15, 0.2) is 5.11 Å². The van der Waals surface area contributed by atoms with Crippen LogP contribution in [0.4, 0.5) is 10.1 Å². The van der Waals surface area contributed by atoms with Crippen LogP contribution in [0.3, 0.4) is 0 Å². The van der Waals surface area contributed by atoms with E-state index >= 15 is 0 Å². The summed E-state index contributed by atoms with van der Waals surface area (Å²) in [5.74, 6) is -0.641. The van der Waals surface area contributed by atoms with Gasteiger partial charge in [0.25, 0.3) is 5.91 Å². The summed E-state index contributed by atoms with van der Waals surface area (Å²) in [7, 11) is 0. The third kappa shape index (κ3) is 3.88. The Bertz CT molecular complexity index is 867. The first-order chi connectivity index (χ1) is 12.0. The fraction of sp³-hybridized carbons (Fsp3) is 0.111. The number of hydrogen-bond acceptors (Lipinski definition) is 2. The smallest absolute Gasteiger partial charge is 0.255 e. The maximum absolute atomic E-state index is 13.1. The van der Waals surface area contributed by atoms with Crippen LogP contribution in [0.2, 0.25) is 0 Å². The summed E-state index contributed by atoms with van der Waals surface area (Å²) in [4.78, 5) is 12.9. The highest BCUT2D eigenvalue weighted by atomic mass is 79.9. The van der Waals surface area contributed by atoms with Crippen molar-refractivity contribution in [3.8, 4) is 0 Å². The van der Waals surface area contributed by atoms with E-state index in [4.69, 9.17) is 12.2 Å². The van der Waals surface area contributed by atoms with Crippen molar-refractivity contribution in [3.63, 3.8) is 0 Å². The highest BCUT2D eigenvalue weighted by Gasteiger charge is 2.30. The number of carbonyl (C=O) groups is 1. The topological polar surface area (TPSA) is 53.2 Å². The van der Waals surface area contributed by atoms with Gasteiger partial charge in [-0.3, -0.25) is 4.79 Å². The van der Waals surface area contributed by atoms with E-state index in [1.165, 1.54) is 24.3 Å². The first-order valence-corrected chi connectivity index (χ1v) is 8.75. The number of anilines is 1. The molecule has 25 heavy (non-hydrogen) atoms. The molecule has 3 N–H and O–H groups in total. The Balaban J connectivity index is 1.96. The van der Waals surface area contributed by atoms with Gasteiger partial charge < -0.3 is 16.0 Å². The summed E-state index contributed by atoms with van der Waals surface area (Å²) >= 11 is 8.77. The molecule has 1 aliphatic heterocycles. The van der Waals surface area contributed by atoms with E-state index in [0.29, 0.717) is 22.1 Å². The number of amides is 1. The first-order valence-electron chi connectivity index (χ1n) is 7.55. The average Bonchev–Trinajstić information content (AvgIpc) is 2.56. The molecule has 0 saturated heterocycles. The molecule has 7 heteroatoms. The van der Waals surface area contributed by atoms with Gasteiger partial charge in [0.1, 0.15) is 5.82 Å². The Morgan fingerprint density at radius 3 is 2.56 bits per heavy atom. The number of allylic oxidation sites excluding steroid dienone is 1. The predicted molar refractivity (Wildman–Crippen MR) is 103 cm³/mol. The van der Waals surface area contributed by atoms with Gasteiger partial charge in [-0.1, -0.05) is 34.1 Å². The fourth-order valence-corrected chi connectivity index (χ4v) is 3.45. The van der Waals surface area contributed by atoms with Gasteiger partial charge in [-0.15, -0.1) is 0 Å². The van der Waals surface area contributed by atoms with Gasteiger partial charge in [0.2, 0.25) is 0 Å². The molecule has 1 unspecified atom stereocenters. The van der Waals surface area contributed by atoms with Crippen molar-refractivity contribution in [1.82, 2.24) is 10.6 Å². The number of nitrogens with one attached hydrogen (secondary N) is 3. The molecule has 128 valence electrons. The van der Waals surface area contributed by atoms with Crippen LogP contribution in [-0.2, 0) is 4.79 Å². The second kappa shape index (κ2) is 7.33. The van der Waals surface area contributed by atoms with Crippen LogP contribution in [0.25, 0.3) is 0 Å². The second-order valence-electron chi connectivity index (χ2n) is 5.55. The number of halogens is 2. The van der Waals surface area contributed by atoms with E-state index < -0.39 is 6.04 Å². The molecule has 0 saturated carbocycles. The Kier molecular flexibility index (Phi) is 5.15. The van der Waals surface area contributed by atoms with Crippen LogP contribution < -0.4 is 16.0 Å². The average molecular weight is 420 g/mol. The summed E-state index contributed by atoms with van der Waals surface area (Å²) in [6.45, 7) is 1.80. The molecule has 0 fully saturated rings. The summed E-state index contributed by atoms with van der Waals surface area (Å²) in [6.07, 6.45) is 0. The minimum absolute atomic E-state index is 0.285. The number of rotatable bonds is 3. The van der Waals surface area contributed by atoms with E-state index in [1.807, 2.05) is 24.3 Å². The molecule has 3 rings (SSSR count). The number of carbonyl (C=O) groups excluding carboxylic acids is 1. The Hall–Kier alpha value is -2.25. The lowest BCUT2D eigenvalue weighted by Gasteiger charge is -2.31. The number of benzene rings is 2.